The van der Waals surface area contributed by atoms with Crippen LogP contribution in [0.1, 0.15) is 22.5 Å². The van der Waals surface area contributed by atoms with Crippen LogP contribution in [-0.4, -0.2) is 9.97 Å². The number of H-pyrrole nitrogens is 1. The van der Waals surface area contributed by atoms with Crippen molar-refractivity contribution in [2.24, 2.45) is 0 Å². The van der Waals surface area contributed by atoms with E-state index in [2.05, 4.69) is 40.3 Å². The lowest BCUT2D eigenvalue weighted by Gasteiger charge is -2.02. The van der Waals surface area contributed by atoms with E-state index < -0.39 is 0 Å². The maximum atomic E-state index is 6.25. The Balaban J connectivity index is 1.66. The SMILES string of the molecule is Nc1cccc(/C=C/c2nc3cccc(Cc4ccccc4)c3[nH]2)c1Cl. The van der Waals surface area contributed by atoms with Crippen molar-refractivity contribution in [3.05, 3.63) is 94.3 Å². The first-order valence-electron chi connectivity index (χ1n) is 8.44. The maximum Gasteiger partial charge on any atom is 0.131 e. The Labute approximate surface area is 157 Å². The smallest absolute Gasteiger partial charge is 0.131 e. The molecule has 0 spiro atoms. The molecule has 0 amide bonds. The third-order valence-corrected chi connectivity index (χ3v) is 4.78. The second-order valence-electron chi connectivity index (χ2n) is 6.18. The molecule has 4 heteroatoms. The summed E-state index contributed by atoms with van der Waals surface area (Å²) in [5.41, 5.74) is 11.8. The molecular weight excluding hydrogens is 342 g/mol. The van der Waals surface area contributed by atoms with Crippen LogP contribution < -0.4 is 5.73 Å². The van der Waals surface area contributed by atoms with Gasteiger partial charge in [-0.3, -0.25) is 0 Å². The first kappa shape index (κ1) is 16.4. The number of halogens is 1. The molecule has 3 aromatic carbocycles. The summed E-state index contributed by atoms with van der Waals surface area (Å²) in [5.74, 6) is 0.791. The molecule has 0 radical (unpaired) electrons. The molecule has 4 aromatic rings. The van der Waals surface area contributed by atoms with E-state index in [4.69, 9.17) is 17.3 Å². The van der Waals surface area contributed by atoms with E-state index in [1.165, 1.54) is 11.1 Å². The van der Waals surface area contributed by atoms with Gasteiger partial charge in [0, 0.05) is 0 Å². The van der Waals surface area contributed by atoms with Crippen molar-refractivity contribution in [2.75, 3.05) is 5.73 Å². The van der Waals surface area contributed by atoms with E-state index in [1.807, 2.05) is 42.5 Å². The molecule has 128 valence electrons. The molecule has 0 bridgehead atoms. The molecule has 4 rings (SSSR count). The first-order chi connectivity index (χ1) is 12.7. The van der Waals surface area contributed by atoms with Gasteiger partial charge >= 0.3 is 0 Å². The van der Waals surface area contributed by atoms with Crippen LogP contribution in [-0.2, 0) is 6.42 Å². The Bertz CT molecular complexity index is 1080. The molecule has 0 aliphatic heterocycles. The van der Waals surface area contributed by atoms with Crippen LogP contribution >= 0.6 is 11.6 Å². The lowest BCUT2D eigenvalue weighted by molar-refractivity contribution is 1.20. The molecule has 3 nitrogen and oxygen atoms in total. The van der Waals surface area contributed by atoms with Crippen LogP contribution in [0.15, 0.2) is 66.7 Å². The fraction of sp³-hybridized carbons (Fsp3) is 0.0455. The fourth-order valence-corrected chi connectivity index (χ4v) is 3.21. The number of fused-ring (bicyclic) bond motifs is 1. The zero-order chi connectivity index (χ0) is 17.9. The Hall–Kier alpha value is -3.04. The van der Waals surface area contributed by atoms with Crippen LogP contribution in [0.4, 0.5) is 5.69 Å². The molecule has 0 atom stereocenters. The molecule has 3 N–H and O–H groups in total. The second-order valence-corrected chi connectivity index (χ2v) is 6.56. The normalized spacial score (nSPS) is 11.4. The minimum Gasteiger partial charge on any atom is -0.398 e. The Morgan fingerprint density at radius 1 is 0.923 bits per heavy atom. The molecule has 0 aliphatic carbocycles. The van der Waals surface area contributed by atoms with E-state index in [1.54, 1.807) is 6.07 Å². The van der Waals surface area contributed by atoms with Crippen molar-refractivity contribution >= 4 is 40.5 Å². The lowest BCUT2D eigenvalue weighted by atomic mass is 10.0. The van der Waals surface area contributed by atoms with Crippen molar-refractivity contribution < 1.29 is 0 Å². The van der Waals surface area contributed by atoms with Crippen LogP contribution in [0.3, 0.4) is 0 Å². The third kappa shape index (κ3) is 3.35. The average Bonchev–Trinajstić information content (AvgIpc) is 3.08. The molecule has 26 heavy (non-hydrogen) atoms. The standard InChI is InChI=1S/C22H18ClN3/c23-21-16(8-4-10-18(21)24)12-13-20-25-19-11-5-9-17(22(19)26-20)14-15-6-2-1-3-7-15/h1-13H,14,24H2,(H,25,26)/b13-12+. The van der Waals surface area contributed by atoms with E-state index in [-0.39, 0.29) is 0 Å². The summed E-state index contributed by atoms with van der Waals surface area (Å²) in [5, 5.41) is 0.560. The van der Waals surface area contributed by atoms with E-state index >= 15 is 0 Å². The molecule has 0 saturated carbocycles. The highest BCUT2D eigenvalue weighted by molar-refractivity contribution is 6.34. The number of hydrogen-bond acceptors (Lipinski definition) is 2. The highest BCUT2D eigenvalue weighted by Crippen LogP contribution is 2.25. The Kier molecular flexibility index (Phi) is 4.46. The molecular formula is C22H18ClN3. The number of rotatable bonds is 4. The first-order valence-corrected chi connectivity index (χ1v) is 8.82. The minimum atomic E-state index is 0.560. The number of nitrogens with zero attached hydrogens (tertiary/aromatic N) is 1. The summed E-state index contributed by atoms with van der Waals surface area (Å²) in [6, 6.07) is 22.2. The van der Waals surface area contributed by atoms with Crippen LogP contribution in [0.2, 0.25) is 5.02 Å². The van der Waals surface area contributed by atoms with Gasteiger partial charge in [-0.1, -0.05) is 66.2 Å². The number of aromatic nitrogens is 2. The zero-order valence-corrected chi connectivity index (χ0v) is 14.9. The second kappa shape index (κ2) is 7.06. The number of hydrogen-bond donors (Lipinski definition) is 2. The Morgan fingerprint density at radius 3 is 2.58 bits per heavy atom. The average molecular weight is 360 g/mol. The molecule has 1 aromatic heterocycles. The third-order valence-electron chi connectivity index (χ3n) is 4.34. The maximum absolute atomic E-state index is 6.25. The van der Waals surface area contributed by atoms with Gasteiger partial charge in [0.2, 0.25) is 0 Å². The van der Waals surface area contributed by atoms with Gasteiger partial charge < -0.3 is 10.7 Å². The van der Waals surface area contributed by atoms with Gasteiger partial charge in [-0.2, -0.15) is 0 Å². The number of nitrogen functional groups attached to an aromatic ring is 1. The zero-order valence-electron chi connectivity index (χ0n) is 14.1. The summed E-state index contributed by atoms with van der Waals surface area (Å²) in [6.45, 7) is 0. The number of anilines is 1. The van der Waals surface area contributed by atoms with E-state index in [0.717, 1.165) is 28.8 Å². The van der Waals surface area contributed by atoms with Crippen LogP contribution in [0.25, 0.3) is 23.2 Å². The molecule has 0 aliphatic rings. The van der Waals surface area contributed by atoms with Gasteiger partial charge in [-0.05, 0) is 47.4 Å². The Morgan fingerprint density at radius 2 is 1.73 bits per heavy atom. The van der Waals surface area contributed by atoms with Gasteiger partial charge in [-0.25, -0.2) is 4.98 Å². The molecule has 0 saturated heterocycles. The van der Waals surface area contributed by atoms with Gasteiger partial charge in [0.1, 0.15) is 5.82 Å². The molecule has 0 unspecified atom stereocenters. The highest BCUT2D eigenvalue weighted by Gasteiger charge is 2.07. The van der Waals surface area contributed by atoms with Crippen LogP contribution in [0.5, 0.6) is 0 Å². The molecule has 1 heterocycles. The van der Waals surface area contributed by atoms with Crippen molar-refractivity contribution in [3.8, 4) is 0 Å². The number of para-hydroxylation sites is 1. The summed E-state index contributed by atoms with van der Waals surface area (Å²) < 4.78 is 0. The topological polar surface area (TPSA) is 54.7 Å². The van der Waals surface area contributed by atoms with Crippen molar-refractivity contribution in [2.45, 2.75) is 6.42 Å². The fourth-order valence-electron chi connectivity index (χ4n) is 3.02. The van der Waals surface area contributed by atoms with Crippen molar-refractivity contribution in [1.82, 2.24) is 9.97 Å². The monoisotopic (exact) mass is 359 g/mol. The van der Waals surface area contributed by atoms with E-state index in [9.17, 15) is 0 Å². The number of nitrogens with two attached hydrogens (primary N) is 1. The van der Waals surface area contributed by atoms with Gasteiger partial charge in [0.25, 0.3) is 0 Å². The number of nitrogens with one attached hydrogen (secondary N) is 1. The quantitative estimate of drug-likeness (QED) is 0.469. The minimum absolute atomic E-state index is 0.560. The summed E-state index contributed by atoms with van der Waals surface area (Å²) in [6.07, 6.45) is 4.71. The van der Waals surface area contributed by atoms with Crippen molar-refractivity contribution in [1.29, 1.82) is 0 Å². The largest absolute Gasteiger partial charge is 0.398 e. The highest BCUT2D eigenvalue weighted by atomic mass is 35.5. The summed E-state index contributed by atoms with van der Waals surface area (Å²) in [7, 11) is 0. The predicted octanol–water partition coefficient (Wildman–Crippen LogP) is 5.56. The number of aromatic amines is 1. The van der Waals surface area contributed by atoms with Gasteiger partial charge in [0.15, 0.2) is 0 Å². The summed E-state index contributed by atoms with van der Waals surface area (Å²) >= 11 is 6.25. The number of benzene rings is 3. The van der Waals surface area contributed by atoms with E-state index in [0.29, 0.717) is 10.7 Å². The predicted molar refractivity (Wildman–Crippen MR) is 110 cm³/mol. The van der Waals surface area contributed by atoms with Gasteiger partial charge in [0.05, 0.1) is 21.7 Å². The number of imidazole rings is 1. The van der Waals surface area contributed by atoms with Gasteiger partial charge in [-0.15, -0.1) is 0 Å². The van der Waals surface area contributed by atoms with Crippen molar-refractivity contribution in [3.63, 3.8) is 0 Å². The van der Waals surface area contributed by atoms with Crippen LogP contribution in [0, 0.1) is 0 Å². The summed E-state index contributed by atoms with van der Waals surface area (Å²) in [4.78, 5) is 8.08. The molecule has 0 fully saturated rings. The lowest BCUT2D eigenvalue weighted by Crippen LogP contribution is -1.89.